The standard InChI is InChI=1S/C36H38N2O9/c1-36(2,25-10-16-28(17-11-25)46-35-31(41)29(39)30(40)32(47-35)34(42)43)24-8-14-27(15-9-24)45-20-22-5-3-4-21(18-22)19-44-26-12-6-23(7-13-26)33(37)38/h3-18,29-32,35,39-41H,19-20H2,1-2H3,(H3,37,38)(H,42,43)/t29-,30-,31+,32-,35?/m0/s1. The van der Waals surface area contributed by atoms with Crippen LogP contribution in [-0.4, -0.2) is 62.9 Å². The first-order valence-corrected chi connectivity index (χ1v) is 15.0. The molecule has 4 aromatic rings. The molecule has 1 aliphatic rings. The Labute approximate surface area is 272 Å². The zero-order chi connectivity index (χ0) is 33.7. The van der Waals surface area contributed by atoms with Gasteiger partial charge in [-0.25, -0.2) is 4.79 Å². The maximum absolute atomic E-state index is 11.4. The van der Waals surface area contributed by atoms with E-state index in [-0.39, 0.29) is 5.84 Å². The third-order valence-electron chi connectivity index (χ3n) is 8.18. The molecule has 0 spiro atoms. The fourth-order valence-corrected chi connectivity index (χ4v) is 5.24. The van der Waals surface area contributed by atoms with E-state index in [1.165, 1.54) is 0 Å². The molecular weight excluding hydrogens is 604 g/mol. The van der Waals surface area contributed by atoms with Gasteiger partial charge in [0.1, 0.15) is 54.6 Å². The highest BCUT2D eigenvalue weighted by Crippen LogP contribution is 2.34. The van der Waals surface area contributed by atoms with Crippen LogP contribution in [0.4, 0.5) is 0 Å². The van der Waals surface area contributed by atoms with Crippen molar-refractivity contribution >= 4 is 11.8 Å². The van der Waals surface area contributed by atoms with Crippen LogP contribution in [0.1, 0.15) is 41.7 Å². The molecule has 0 aromatic heterocycles. The Bertz CT molecular complexity index is 1670. The molecule has 0 aliphatic carbocycles. The number of aliphatic carboxylic acids is 1. The van der Waals surface area contributed by atoms with Crippen LogP contribution >= 0.6 is 0 Å². The smallest absolute Gasteiger partial charge is 0.335 e. The number of aliphatic hydroxyl groups excluding tert-OH is 3. The number of nitrogen functional groups attached to an aromatic ring is 1. The van der Waals surface area contributed by atoms with Gasteiger partial charge in [0, 0.05) is 11.0 Å². The van der Waals surface area contributed by atoms with Crippen molar-refractivity contribution in [2.24, 2.45) is 5.73 Å². The number of carboxylic acid groups (broad SMARTS) is 1. The number of nitrogens with one attached hydrogen (secondary N) is 1. The summed E-state index contributed by atoms with van der Waals surface area (Å²) >= 11 is 0. The average Bonchev–Trinajstić information content (AvgIpc) is 3.07. The Morgan fingerprint density at radius 3 is 1.74 bits per heavy atom. The molecule has 7 N–H and O–H groups in total. The Morgan fingerprint density at radius 1 is 0.766 bits per heavy atom. The lowest BCUT2D eigenvalue weighted by Gasteiger charge is -2.38. The van der Waals surface area contributed by atoms with Crippen LogP contribution in [0, 0.1) is 5.41 Å². The van der Waals surface area contributed by atoms with Gasteiger partial charge in [-0.1, -0.05) is 56.3 Å². The van der Waals surface area contributed by atoms with E-state index in [0.29, 0.717) is 30.3 Å². The second-order valence-corrected chi connectivity index (χ2v) is 11.9. The number of nitrogens with two attached hydrogens (primary N) is 1. The lowest BCUT2D eigenvalue weighted by atomic mass is 9.78. The van der Waals surface area contributed by atoms with E-state index >= 15 is 0 Å². The van der Waals surface area contributed by atoms with Crippen molar-refractivity contribution in [3.8, 4) is 17.2 Å². The van der Waals surface area contributed by atoms with Gasteiger partial charge >= 0.3 is 5.97 Å². The molecule has 1 aliphatic heterocycles. The molecule has 1 unspecified atom stereocenters. The number of benzene rings is 4. The first kappa shape index (κ1) is 33.4. The summed E-state index contributed by atoms with van der Waals surface area (Å²) in [6, 6.07) is 30.0. The minimum absolute atomic E-state index is 0.0138. The van der Waals surface area contributed by atoms with Crippen LogP contribution in [0.25, 0.3) is 0 Å². The van der Waals surface area contributed by atoms with E-state index in [9.17, 15) is 25.2 Å². The Balaban J connectivity index is 1.16. The molecule has 1 fully saturated rings. The maximum atomic E-state index is 11.4. The molecule has 5 rings (SSSR count). The minimum Gasteiger partial charge on any atom is -0.489 e. The van der Waals surface area contributed by atoms with Crippen LogP contribution in [0.2, 0.25) is 0 Å². The molecule has 246 valence electrons. The molecule has 5 atom stereocenters. The zero-order valence-electron chi connectivity index (χ0n) is 25.9. The summed E-state index contributed by atoms with van der Waals surface area (Å²) in [5, 5.41) is 46.9. The highest BCUT2D eigenvalue weighted by molar-refractivity contribution is 5.94. The van der Waals surface area contributed by atoms with Crippen LogP contribution in [-0.2, 0) is 28.2 Å². The van der Waals surface area contributed by atoms with E-state index in [1.54, 1.807) is 36.4 Å². The number of carboxylic acids is 1. The van der Waals surface area contributed by atoms with Gasteiger partial charge in [-0.05, 0) is 76.9 Å². The average molecular weight is 643 g/mol. The maximum Gasteiger partial charge on any atom is 0.335 e. The van der Waals surface area contributed by atoms with Gasteiger partial charge in [-0.15, -0.1) is 0 Å². The lowest BCUT2D eigenvalue weighted by molar-refractivity contribution is -0.271. The molecular formula is C36H38N2O9. The van der Waals surface area contributed by atoms with Gasteiger partial charge in [-0.3, -0.25) is 5.41 Å². The molecule has 11 heteroatoms. The molecule has 0 bridgehead atoms. The monoisotopic (exact) mass is 642 g/mol. The number of ether oxygens (including phenoxy) is 4. The van der Waals surface area contributed by atoms with Gasteiger partial charge in [0.05, 0.1) is 0 Å². The summed E-state index contributed by atoms with van der Waals surface area (Å²) in [5.74, 6) is 0.245. The largest absolute Gasteiger partial charge is 0.489 e. The molecule has 1 heterocycles. The molecule has 4 aromatic carbocycles. The number of amidine groups is 1. The predicted molar refractivity (Wildman–Crippen MR) is 173 cm³/mol. The van der Waals surface area contributed by atoms with Crippen molar-refractivity contribution in [2.45, 2.75) is 63.2 Å². The summed E-state index contributed by atoms with van der Waals surface area (Å²) in [7, 11) is 0. The Kier molecular flexibility index (Phi) is 10.1. The first-order valence-electron chi connectivity index (χ1n) is 15.0. The molecule has 0 radical (unpaired) electrons. The molecule has 1 saturated heterocycles. The lowest BCUT2D eigenvalue weighted by Crippen LogP contribution is -2.61. The van der Waals surface area contributed by atoms with Crippen molar-refractivity contribution < 1.29 is 44.2 Å². The van der Waals surface area contributed by atoms with Crippen LogP contribution in [0.3, 0.4) is 0 Å². The normalized spacial score (nSPS) is 21.1. The van der Waals surface area contributed by atoms with Crippen molar-refractivity contribution in [3.63, 3.8) is 0 Å². The van der Waals surface area contributed by atoms with Crippen molar-refractivity contribution in [1.29, 1.82) is 5.41 Å². The molecule has 47 heavy (non-hydrogen) atoms. The van der Waals surface area contributed by atoms with Crippen molar-refractivity contribution in [1.82, 2.24) is 0 Å². The van der Waals surface area contributed by atoms with Crippen LogP contribution < -0.4 is 19.9 Å². The number of carbonyl (C=O) groups is 1. The summed E-state index contributed by atoms with van der Waals surface area (Å²) in [6.45, 7) is 4.92. The zero-order valence-corrected chi connectivity index (χ0v) is 25.9. The molecule has 0 saturated carbocycles. The SMILES string of the molecule is CC(C)(c1ccc(OCc2cccc(COc3ccc(C(=N)N)cc3)c2)cc1)c1ccc(OC2O[C@H](C(=O)O)[C@@H](O)[C@H](O)[C@H]2O)cc1. The predicted octanol–water partition coefficient (Wildman–Crippen LogP) is 3.73. The fourth-order valence-electron chi connectivity index (χ4n) is 5.24. The van der Waals surface area contributed by atoms with E-state index < -0.39 is 42.1 Å². The topological polar surface area (TPSA) is 185 Å². The molecule has 0 amide bonds. The fraction of sp³-hybridized carbons (Fsp3) is 0.278. The third-order valence-corrected chi connectivity index (χ3v) is 8.18. The van der Waals surface area contributed by atoms with Gasteiger partial charge in [0.15, 0.2) is 6.10 Å². The summed E-state index contributed by atoms with van der Waals surface area (Å²) in [6.07, 6.45) is -8.38. The van der Waals surface area contributed by atoms with Gasteiger partial charge in [-0.2, -0.15) is 0 Å². The Morgan fingerprint density at radius 2 is 1.26 bits per heavy atom. The van der Waals surface area contributed by atoms with Gasteiger partial charge in [0.25, 0.3) is 0 Å². The number of aliphatic hydroxyl groups is 3. The van der Waals surface area contributed by atoms with Crippen LogP contribution in [0.15, 0.2) is 97.1 Å². The van der Waals surface area contributed by atoms with E-state index in [2.05, 4.69) is 13.8 Å². The Hall–Kier alpha value is -4.94. The summed E-state index contributed by atoms with van der Waals surface area (Å²) in [4.78, 5) is 11.4. The van der Waals surface area contributed by atoms with Crippen LogP contribution in [0.5, 0.6) is 17.2 Å². The minimum atomic E-state index is -1.79. The van der Waals surface area contributed by atoms with Gasteiger partial charge < -0.3 is 45.1 Å². The van der Waals surface area contributed by atoms with E-state index in [0.717, 1.165) is 28.0 Å². The van der Waals surface area contributed by atoms with Crippen molar-refractivity contribution in [2.75, 3.05) is 0 Å². The number of rotatable bonds is 12. The van der Waals surface area contributed by atoms with Crippen molar-refractivity contribution in [3.05, 3.63) is 125 Å². The number of hydrogen-bond acceptors (Lipinski definition) is 9. The second-order valence-electron chi connectivity index (χ2n) is 11.9. The van der Waals surface area contributed by atoms with Gasteiger partial charge in [0.2, 0.25) is 6.29 Å². The third kappa shape index (κ3) is 7.90. The summed E-state index contributed by atoms with van der Waals surface area (Å²) < 4.78 is 22.8. The van der Waals surface area contributed by atoms with E-state index in [1.807, 2.05) is 60.7 Å². The highest BCUT2D eigenvalue weighted by Gasteiger charge is 2.48. The van der Waals surface area contributed by atoms with E-state index in [4.69, 9.17) is 30.1 Å². The second kappa shape index (κ2) is 14.2. The number of hydrogen-bond donors (Lipinski definition) is 6. The quantitative estimate of drug-likeness (QED) is 0.0983. The molecule has 11 nitrogen and oxygen atoms in total. The first-order chi connectivity index (χ1) is 22.4. The summed E-state index contributed by atoms with van der Waals surface area (Å²) in [5.41, 5.74) is 9.77. The highest BCUT2D eigenvalue weighted by atomic mass is 16.7.